The lowest BCUT2D eigenvalue weighted by Crippen LogP contribution is -2.43. The molecule has 0 atom stereocenters. The van der Waals surface area contributed by atoms with Crippen LogP contribution in [0.5, 0.6) is 0 Å². The lowest BCUT2D eigenvalue weighted by molar-refractivity contribution is 0.566. The molecule has 0 unspecified atom stereocenters. The molecular weight excluding hydrogens is 517 g/mol. The third-order valence-electron chi connectivity index (χ3n) is 7.00. The van der Waals surface area contributed by atoms with Crippen molar-refractivity contribution in [3.05, 3.63) is 88.3 Å². The van der Waals surface area contributed by atoms with Crippen LogP contribution in [-0.2, 0) is 6.54 Å². The molecule has 3 aromatic heterocycles. The van der Waals surface area contributed by atoms with Crippen LogP contribution >= 0.6 is 11.6 Å². The number of fused-ring (bicyclic) bond motifs is 1. The summed E-state index contributed by atoms with van der Waals surface area (Å²) < 4.78 is 16.5. The molecule has 3 N–H and O–H groups in total. The third-order valence-corrected chi connectivity index (χ3v) is 7.31. The smallest absolute Gasteiger partial charge is 0.260 e. The summed E-state index contributed by atoms with van der Waals surface area (Å²) in [5, 5.41) is 7.54. The molecule has 10 heteroatoms. The van der Waals surface area contributed by atoms with Gasteiger partial charge in [0.05, 0.1) is 5.69 Å². The lowest BCUT2D eigenvalue weighted by Gasteiger charge is -2.29. The van der Waals surface area contributed by atoms with E-state index in [-0.39, 0.29) is 17.3 Å². The van der Waals surface area contributed by atoms with Crippen LogP contribution in [0.2, 0.25) is 5.02 Å². The number of hydrogen-bond acceptors (Lipinski definition) is 6. The number of benzene rings is 2. The molecule has 2 aromatic carbocycles. The zero-order valence-electron chi connectivity index (χ0n) is 21.3. The first-order valence-electron chi connectivity index (χ1n) is 12.9. The molecule has 8 nitrogen and oxygen atoms in total. The summed E-state index contributed by atoms with van der Waals surface area (Å²) >= 11 is 6.65. The second kappa shape index (κ2) is 10.5. The second-order valence-corrected chi connectivity index (χ2v) is 9.81. The van der Waals surface area contributed by atoms with Crippen molar-refractivity contribution in [2.75, 3.05) is 36.4 Å². The van der Waals surface area contributed by atoms with E-state index in [9.17, 15) is 9.18 Å². The summed E-state index contributed by atoms with van der Waals surface area (Å²) in [6.45, 7) is 5.48. The van der Waals surface area contributed by atoms with E-state index in [2.05, 4.69) is 25.6 Å². The molecule has 1 saturated heterocycles. The molecule has 1 aliphatic heterocycles. The summed E-state index contributed by atoms with van der Waals surface area (Å²) in [5.41, 5.74) is 4.49. The van der Waals surface area contributed by atoms with Gasteiger partial charge < -0.3 is 20.5 Å². The summed E-state index contributed by atoms with van der Waals surface area (Å²) in [7, 11) is 0. The van der Waals surface area contributed by atoms with E-state index in [1.54, 1.807) is 22.9 Å². The van der Waals surface area contributed by atoms with Gasteiger partial charge in [-0.2, -0.15) is 4.98 Å². The van der Waals surface area contributed by atoms with Gasteiger partial charge >= 0.3 is 0 Å². The van der Waals surface area contributed by atoms with Crippen LogP contribution in [0.15, 0.2) is 71.9 Å². The van der Waals surface area contributed by atoms with Gasteiger partial charge in [0.1, 0.15) is 11.5 Å². The van der Waals surface area contributed by atoms with Crippen molar-refractivity contribution in [2.45, 2.75) is 13.5 Å². The van der Waals surface area contributed by atoms with Gasteiger partial charge in [-0.15, -0.1) is 0 Å². The third kappa shape index (κ3) is 4.86. The average molecular weight is 544 g/mol. The normalized spacial score (nSPS) is 13.7. The molecule has 0 aliphatic carbocycles. The van der Waals surface area contributed by atoms with E-state index < -0.39 is 0 Å². The number of nitrogens with zero attached hydrogens (tertiary/aromatic N) is 4. The van der Waals surface area contributed by atoms with Crippen molar-refractivity contribution in [1.29, 1.82) is 0 Å². The number of H-pyrrole nitrogens is 1. The molecule has 6 rings (SSSR count). The van der Waals surface area contributed by atoms with Crippen molar-refractivity contribution >= 4 is 40.0 Å². The highest BCUT2D eigenvalue weighted by Gasteiger charge is 2.17. The maximum atomic E-state index is 14.9. The van der Waals surface area contributed by atoms with Gasteiger partial charge in [-0.05, 0) is 54.4 Å². The van der Waals surface area contributed by atoms with Crippen LogP contribution in [0.4, 0.5) is 21.7 Å². The highest BCUT2D eigenvalue weighted by Crippen LogP contribution is 2.32. The molecule has 0 saturated carbocycles. The molecule has 1 fully saturated rings. The summed E-state index contributed by atoms with van der Waals surface area (Å²) in [6, 6.07) is 14.4. The molecule has 0 radical (unpaired) electrons. The highest BCUT2D eigenvalue weighted by atomic mass is 35.5. The van der Waals surface area contributed by atoms with E-state index in [0.29, 0.717) is 45.1 Å². The zero-order valence-corrected chi connectivity index (χ0v) is 22.1. The average Bonchev–Trinajstić information content (AvgIpc) is 3.49. The molecule has 1 aliphatic rings. The highest BCUT2D eigenvalue weighted by molar-refractivity contribution is 6.33. The van der Waals surface area contributed by atoms with Crippen LogP contribution in [0, 0.1) is 5.82 Å². The van der Waals surface area contributed by atoms with E-state index >= 15 is 0 Å². The number of aryl methyl sites for hydroxylation is 1. The van der Waals surface area contributed by atoms with Gasteiger partial charge in [0.15, 0.2) is 0 Å². The molecule has 4 heterocycles. The number of aromatic nitrogens is 4. The van der Waals surface area contributed by atoms with Crippen molar-refractivity contribution in [3.63, 3.8) is 0 Å². The van der Waals surface area contributed by atoms with E-state index in [1.165, 1.54) is 6.07 Å². The van der Waals surface area contributed by atoms with Gasteiger partial charge in [-0.3, -0.25) is 9.36 Å². The minimum atomic E-state index is -0.308. The molecule has 0 bridgehead atoms. The Morgan fingerprint density at radius 1 is 1.05 bits per heavy atom. The van der Waals surface area contributed by atoms with E-state index in [4.69, 9.17) is 11.6 Å². The minimum absolute atomic E-state index is 0.197. The first-order valence-corrected chi connectivity index (χ1v) is 13.3. The Hall–Kier alpha value is -4.21. The van der Waals surface area contributed by atoms with Gasteiger partial charge in [0.25, 0.3) is 5.56 Å². The first kappa shape index (κ1) is 25.1. The van der Waals surface area contributed by atoms with Crippen LogP contribution in [0.1, 0.15) is 6.92 Å². The van der Waals surface area contributed by atoms with Crippen LogP contribution < -0.4 is 21.1 Å². The topological polar surface area (TPSA) is 90.9 Å². The van der Waals surface area contributed by atoms with Crippen molar-refractivity contribution in [1.82, 2.24) is 24.8 Å². The van der Waals surface area contributed by atoms with Gasteiger partial charge in [-0.25, -0.2) is 9.37 Å². The molecule has 0 amide bonds. The number of rotatable bonds is 6. The predicted octanol–water partition coefficient (Wildman–Crippen LogP) is 5.42. The Kier molecular flexibility index (Phi) is 6.76. The number of pyridine rings is 1. The Balaban J connectivity index is 1.32. The Labute approximate surface area is 229 Å². The predicted molar refractivity (Wildman–Crippen MR) is 154 cm³/mol. The summed E-state index contributed by atoms with van der Waals surface area (Å²) in [4.78, 5) is 27.7. The first-order chi connectivity index (χ1) is 19.0. The number of hydrogen-bond donors (Lipinski definition) is 3. The Bertz CT molecular complexity index is 1710. The standard InChI is InChI=1S/C29H27ClFN7O/c1-2-38-27-20(13-23(28(38)39)22-5-3-18(14-24(22)30)19-7-8-33-16-19)17-34-29(36-27)35-21-4-6-26(25(31)15-21)37-11-9-32-10-12-37/h3-8,13-17,32-33H,2,9-12H2,1H3,(H,34,35,36). The van der Waals surface area contributed by atoms with Crippen LogP contribution in [0.3, 0.4) is 0 Å². The number of nitrogens with one attached hydrogen (secondary N) is 3. The molecule has 198 valence electrons. The summed E-state index contributed by atoms with van der Waals surface area (Å²) in [5.74, 6) is -0.0303. The van der Waals surface area contributed by atoms with Gasteiger partial charge in [-0.1, -0.05) is 23.7 Å². The maximum Gasteiger partial charge on any atom is 0.260 e. The fraction of sp³-hybridized carbons (Fsp3) is 0.207. The van der Waals surface area contributed by atoms with Crippen LogP contribution in [0.25, 0.3) is 33.3 Å². The molecule has 0 spiro atoms. The minimum Gasteiger partial charge on any atom is -0.367 e. The van der Waals surface area contributed by atoms with Gasteiger partial charge in [0, 0.05) is 78.5 Å². The fourth-order valence-corrected chi connectivity index (χ4v) is 5.28. The van der Waals surface area contributed by atoms with E-state index in [0.717, 1.165) is 37.3 Å². The SMILES string of the molecule is CCn1c(=O)c(-c2ccc(-c3cc[nH]c3)cc2Cl)cc2cnc(Nc3ccc(N4CCNCC4)c(F)c3)nc21. The number of halogens is 2. The van der Waals surface area contributed by atoms with Crippen molar-refractivity contribution < 1.29 is 4.39 Å². The largest absolute Gasteiger partial charge is 0.367 e. The fourth-order valence-electron chi connectivity index (χ4n) is 5.00. The van der Waals surface area contributed by atoms with Gasteiger partial charge in [0.2, 0.25) is 5.95 Å². The number of anilines is 3. The van der Waals surface area contributed by atoms with E-state index in [1.807, 2.05) is 54.5 Å². The second-order valence-electron chi connectivity index (χ2n) is 9.40. The molecule has 39 heavy (non-hydrogen) atoms. The van der Waals surface area contributed by atoms with Crippen molar-refractivity contribution in [2.24, 2.45) is 0 Å². The quantitative estimate of drug-likeness (QED) is 0.265. The molecule has 5 aromatic rings. The lowest BCUT2D eigenvalue weighted by atomic mass is 10.0. The maximum absolute atomic E-state index is 14.9. The van der Waals surface area contributed by atoms with Crippen LogP contribution in [-0.4, -0.2) is 45.7 Å². The Morgan fingerprint density at radius 3 is 2.62 bits per heavy atom. The molecular formula is C29H27ClFN7O. The Morgan fingerprint density at radius 2 is 1.90 bits per heavy atom. The summed E-state index contributed by atoms with van der Waals surface area (Å²) in [6.07, 6.45) is 5.40. The monoisotopic (exact) mass is 543 g/mol. The van der Waals surface area contributed by atoms with Crippen molar-refractivity contribution in [3.8, 4) is 22.3 Å². The zero-order chi connectivity index (χ0) is 26.9. The number of piperazine rings is 1. The number of aromatic amines is 1.